The lowest BCUT2D eigenvalue weighted by Crippen LogP contribution is -2.58. The number of carbonyl (C=O) groups is 1. The molecule has 2 atom stereocenters. The Bertz CT molecular complexity index is 334. The molecule has 3 N–H and O–H groups in total. The van der Waals surface area contributed by atoms with E-state index in [4.69, 9.17) is 5.73 Å². The molecule has 0 aromatic heterocycles. The van der Waals surface area contributed by atoms with Crippen molar-refractivity contribution >= 4 is 5.91 Å². The van der Waals surface area contributed by atoms with E-state index in [-0.39, 0.29) is 12.5 Å². The van der Waals surface area contributed by atoms with E-state index in [0.29, 0.717) is 13.0 Å². The Morgan fingerprint density at radius 3 is 2.14 bits per heavy atom. The van der Waals surface area contributed by atoms with E-state index < -0.39 is 30.2 Å². The minimum atomic E-state index is -4.25. The molecule has 4 nitrogen and oxygen atoms in total. The first-order valence-corrected chi connectivity index (χ1v) is 7.29. The summed E-state index contributed by atoms with van der Waals surface area (Å²) in [4.78, 5) is 13.0. The number of hydrogen-bond donors (Lipinski definition) is 2. The molecule has 0 aromatic carbocycles. The molecule has 21 heavy (non-hydrogen) atoms. The first-order chi connectivity index (χ1) is 9.41. The highest BCUT2D eigenvalue weighted by atomic mass is 19.4. The first kappa shape index (κ1) is 20.2. The van der Waals surface area contributed by atoms with E-state index in [2.05, 4.69) is 5.32 Å². The quantitative estimate of drug-likeness (QED) is 0.687. The van der Waals surface area contributed by atoms with Gasteiger partial charge < -0.3 is 11.1 Å². The van der Waals surface area contributed by atoms with Gasteiger partial charge in [0.15, 0.2) is 0 Å². The molecule has 0 aliphatic carbocycles. The summed E-state index contributed by atoms with van der Waals surface area (Å²) in [6, 6.07) is -0.396. The molecule has 0 saturated carbocycles. The normalized spacial score (nSPS) is 17.0. The number of hydrogen-bond acceptors (Lipinski definition) is 3. The van der Waals surface area contributed by atoms with Gasteiger partial charge in [-0.05, 0) is 47.1 Å². The van der Waals surface area contributed by atoms with E-state index in [1.54, 1.807) is 13.8 Å². The molecule has 2 unspecified atom stereocenters. The van der Waals surface area contributed by atoms with Crippen molar-refractivity contribution in [2.24, 2.45) is 5.73 Å². The molecule has 0 bridgehead atoms. The molecule has 0 aliphatic rings. The summed E-state index contributed by atoms with van der Waals surface area (Å²) >= 11 is 0. The number of rotatable bonds is 9. The Morgan fingerprint density at radius 2 is 1.81 bits per heavy atom. The van der Waals surface area contributed by atoms with Gasteiger partial charge in [0.1, 0.15) is 0 Å². The smallest absolute Gasteiger partial charge is 0.368 e. The van der Waals surface area contributed by atoms with Crippen molar-refractivity contribution in [2.75, 3.05) is 13.1 Å². The summed E-state index contributed by atoms with van der Waals surface area (Å²) in [6.45, 7) is 8.26. The zero-order valence-corrected chi connectivity index (χ0v) is 13.5. The van der Waals surface area contributed by atoms with Gasteiger partial charge in [0, 0.05) is 12.1 Å². The number of amides is 1. The summed E-state index contributed by atoms with van der Waals surface area (Å²) in [5, 5.41) is 3.06. The molecule has 0 aromatic rings. The van der Waals surface area contributed by atoms with Crippen molar-refractivity contribution < 1.29 is 18.0 Å². The van der Waals surface area contributed by atoms with Crippen LogP contribution in [0.15, 0.2) is 0 Å². The van der Waals surface area contributed by atoms with Crippen LogP contribution in [0.1, 0.15) is 47.5 Å². The number of alkyl halides is 3. The number of primary amides is 1. The van der Waals surface area contributed by atoms with Crippen molar-refractivity contribution in [3.05, 3.63) is 0 Å². The highest BCUT2D eigenvalue weighted by Crippen LogP contribution is 2.22. The fourth-order valence-electron chi connectivity index (χ4n) is 2.56. The second kappa shape index (κ2) is 7.98. The Morgan fingerprint density at radius 1 is 1.29 bits per heavy atom. The van der Waals surface area contributed by atoms with Crippen molar-refractivity contribution in [2.45, 2.75) is 71.3 Å². The average molecular weight is 311 g/mol. The van der Waals surface area contributed by atoms with Crippen LogP contribution in [0.5, 0.6) is 0 Å². The molecular weight excluding hydrogens is 283 g/mol. The predicted octanol–water partition coefficient (Wildman–Crippen LogP) is 2.28. The molecular formula is C14H28F3N3O. The van der Waals surface area contributed by atoms with E-state index in [1.165, 1.54) is 4.90 Å². The van der Waals surface area contributed by atoms with E-state index >= 15 is 0 Å². The minimum absolute atomic E-state index is 0.0111. The van der Waals surface area contributed by atoms with Crippen LogP contribution in [-0.4, -0.2) is 47.7 Å². The van der Waals surface area contributed by atoms with Gasteiger partial charge in [-0.3, -0.25) is 9.69 Å². The maximum atomic E-state index is 12.6. The SMILES string of the molecule is CCCN(CC(F)(F)F)C(C)CC(C)(NC(C)C)C(N)=O. The Kier molecular flexibility index (Phi) is 7.67. The monoisotopic (exact) mass is 311 g/mol. The lowest BCUT2D eigenvalue weighted by Gasteiger charge is -2.37. The van der Waals surface area contributed by atoms with Gasteiger partial charge in [0.05, 0.1) is 12.1 Å². The van der Waals surface area contributed by atoms with Crippen LogP contribution in [-0.2, 0) is 4.79 Å². The highest BCUT2D eigenvalue weighted by Gasteiger charge is 2.37. The lowest BCUT2D eigenvalue weighted by atomic mass is 9.91. The van der Waals surface area contributed by atoms with Crippen LogP contribution in [0.3, 0.4) is 0 Å². The number of nitrogens with two attached hydrogens (primary N) is 1. The molecule has 0 aliphatic heterocycles. The predicted molar refractivity (Wildman–Crippen MR) is 77.9 cm³/mol. The van der Waals surface area contributed by atoms with Gasteiger partial charge in [-0.2, -0.15) is 13.2 Å². The third kappa shape index (κ3) is 7.66. The maximum absolute atomic E-state index is 12.6. The Balaban J connectivity index is 4.99. The molecule has 0 fully saturated rings. The highest BCUT2D eigenvalue weighted by molar-refractivity contribution is 5.84. The molecule has 7 heteroatoms. The standard InChI is InChI=1S/C14H28F3N3O/c1-6-7-20(9-14(15,16)17)11(4)8-13(5,12(18)21)19-10(2)3/h10-11,19H,6-9H2,1-5H3,(H2,18,21). The van der Waals surface area contributed by atoms with Crippen molar-refractivity contribution in [1.82, 2.24) is 10.2 Å². The van der Waals surface area contributed by atoms with Crippen LogP contribution in [0.25, 0.3) is 0 Å². The molecule has 126 valence electrons. The van der Waals surface area contributed by atoms with Gasteiger partial charge in [0.25, 0.3) is 0 Å². The zero-order valence-electron chi connectivity index (χ0n) is 13.5. The number of carbonyl (C=O) groups excluding carboxylic acids is 1. The molecule has 0 heterocycles. The lowest BCUT2D eigenvalue weighted by molar-refractivity contribution is -0.151. The summed E-state index contributed by atoms with van der Waals surface area (Å²) in [5.74, 6) is -0.550. The minimum Gasteiger partial charge on any atom is -0.368 e. The van der Waals surface area contributed by atoms with Gasteiger partial charge in [-0.1, -0.05) is 6.92 Å². The zero-order chi connectivity index (χ0) is 16.8. The van der Waals surface area contributed by atoms with Crippen molar-refractivity contribution in [3.8, 4) is 0 Å². The molecule has 1 amide bonds. The molecule has 0 saturated heterocycles. The summed E-state index contributed by atoms with van der Waals surface area (Å²) in [6.07, 6.45) is -3.40. The number of nitrogens with zero attached hydrogens (tertiary/aromatic N) is 1. The summed E-state index contributed by atoms with van der Waals surface area (Å²) in [5.41, 5.74) is 4.40. The topological polar surface area (TPSA) is 58.4 Å². The van der Waals surface area contributed by atoms with Crippen LogP contribution < -0.4 is 11.1 Å². The summed E-state index contributed by atoms with van der Waals surface area (Å²) < 4.78 is 37.9. The third-order valence-electron chi connectivity index (χ3n) is 3.37. The average Bonchev–Trinajstić information content (AvgIpc) is 2.25. The van der Waals surface area contributed by atoms with Gasteiger partial charge in [-0.25, -0.2) is 0 Å². The largest absolute Gasteiger partial charge is 0.401 e. The van der Waals surface area contributed by atoms with Crippen molar-refractivity contribution in [3.63, 3.8) is 0 Å². The van der Waals surface area contributed by atoms with Crippen LogP contribution in [0, 0.1) is 0 Å². The van der Waals surface area contributed by atoms with Crippen molar-refractivity contribution in [1.29, 1.82) is 0 Å². The van der Waals surface area contributed by atoms with E-state index in [9.17, 15) is 18.0 Å². The van der Waals surface area contributed by atoms with Crippen LogP contribution in [0.2, 0.25) is 0 Å². The fraction of sp³-hybridized carbons (Fsp3) is 0.929. The number of nitrogens with one attached hydrogen (secondary N) is 1. The van der Waals surface area contributed by atoms with Gasteiger partial charge in [-0.15, -0.1) is 0 Å². The van der Waals surface area contributed by atoms with Gasteiger partial charge in [0.2, 0.25) is 5.91 Å². The van der Waals surface area contributed by atoms with E-state index in [1.807, 2.05) is 20.8 Å². The second-order valence-corrected chi connectivity index (χ2v) is 6.13. The molecule has 0 spiro atoms. The first-order valence-electron chi connectivity index (χ1n) is 7.29. The second-order valence-electron chi connectivity index (χ2n) is 6.13. The third-order valence-corrected chi connectivity index (χ3v) is 3.37. The Hall–Kier alpha value is -0.820. The van der Waals surface area contributed by atoms with Crippen LogP contribution in [0.4, 0.5) is 13.2 Å². The summed E-state index contributed by atoms with van der Waals surface area (Å²) in [7, 11) is 0. The van der Waals surface area contributed by atoms with E-state index in [0.717, 1.165) is 0 Å². The Labute approximate surface area is 125 Å². The molecule has 0 radical (unpaired) electrons. The van der Waals surface area contributed by atoms with Crippen LogP contribution >= 0.6 is 0 Å². The van der Waals surface area contributed by atoms with Gasteiger partial charge >= 0.3 is 6.18 Å². The fourth-order valence-corrected chi connectivity index (χ4v) is 2.56. The maximum Gasteiger partial charge on any atom is 0.401 e. The molecule has 0 rings (SSSR count). The number of halogens is 3.